The van der Waals surface area contributed by atoms with Gasteiger partial charge >= 0.3 is 0 Å². The third-order valence-electron chi connectivity index (χ3n) is 1.66. The minimum absolute atomic E-state index is 0.0795. The first kappa shape index (κ1) is 8.81. The molecule has 0 saturated heterocycles. The Bertz CT molecular complexity index is 249. The molecule has 1 aromatic rings. The van der Waals surface area contributed by atoms with Gasteiger partial charge in [-0.25, -0.2) is 0 Å². The molecule has 2 nitrogen and oxygen atoms in total. The molecule has 0 aliphatic rings. The molecular formula is C10H12O2. The minimum Gasteiger partial charge on any atom is -0.516 e. The van der Waals surface area contributed by atoms with Gasteiger partial charge in [0.05, 0.1) is 12.9 Å². The van der Waals surface area contributed by atoms with Crippen molar-refractivity contribution in [3.63, 3.8) is 0 Å². The normalized spacial score (nSPS) is 10.8. The van der Waals surface area contributed by atoms with Crippen LogP contribution in [0.1, 0.15) is 11.1 Å². The number of benzene rings is 1. The van der Waals surface area contributed by atoms with Gasteiger partial charge in [0.2, 0.25) is 0 Å². The van der Waals surface area contributed by atoms with Crippen molar-refractivity contribution in [2.45, 2.75) is 13.0 Å². The number of rotatable bonds is 3. The highest BCUT2D eigenvalue weighted by atomic mass is 16.3. The van der Waals surface area contributed by atoms with Gasteiger partial charge < -0.3 is 10.2 Å². The molecule has 0 aliphatic carbocycles. The van der Waals surface area contributed by atoms with E-state index in [0.29, 0.717) is 0 Å². The van der Waals surface area contributed by atoms with Gasteiger partial charge in [-0.1, -0.05) is 24.3 Å². The van der Waals surface area contributed by atoms with Crippen LogP contribution in [0.15, 0.2) is 36.6 Å². The molecule has 0 saturated carbocycles. The lowest BCUT2D eigenvalue weighted by Gasteiger charge is -1.97. The molecule has 0 unspecified atom stereocenters. The first-order chi connectivity index (χ1) is 5.86. The molecule has 0 fully saturated rings. The molecule has 0 atom stereocenters. The largest absolute Gasteiger partial charge is 0.516 e. The summed E-state index contributed by atoms with van der Waals surface area (Å²) in [6, 6.07) is 7.62. The Morgan fingerprint density at radius 3 is 2.17 bits per heavy atom. The number of allylic oxidation sites excluding steroid dienone is 1. The van der Waals surface area contributed by atoms with E-state index in [1.54, 1.807) is 6.08 Å². The van der Waals surface area contributed by atoms with Crippen LogP contribution in [0, 0.1) is 0 Å². The van der Waals surface area contributed by atoms with Crippen LogP contribution >= 0.6 is 0 Å². The second-order valence-corrected chi connectivity index (χ2v) is 2.56. The second-order valence-electron chi connectivity index (χ2n) is 2.56. The van der Waals surface area contributed by atoms with Gasteiger partial charge in [-0.05, 0) is 23.6 Å². The number of hydrogen-bond donors (Lipinski definition) is 2. The summed E-state index contributed by atoms with van der Waals surface area (Å²) in [5.41, 5.74) is 2.03. The highest BCUT2D eigenvalue weighted by Crippen LogP contribution is 2.05. The average Bonchev–Trinajstić information content (AvgIpc) is 2.15. The summed E-state index contributed by atoms with van der Waals surface area (Å²) in [6.45, 7) is 0.0795. The molecule has 0 aromatic heterocycles. The SMILES string of the molecule is OC=CCc1ccc(CO)cc1. The van der Waals surface area contributed by atoms with Crippen molar-refractivity contribution in [2.75, 3.05) is 0 Å². The summed E-state index contributed by atoms with van der Waals surface area (Å²) < 4.78 is 0. The van der Waals surface area contributed by atoms with E-state index in [1.807, 2.05) is 24.3 Å². The summed E-state index contributed by atoms with van der Waals surface area (Å²) in [5, 5.41) is 17.2. The molecule has 2 N–H and O–H groups in total. The van der Waals surface area contributed by atoms with Crippen LogP contribution in [-0.2, 0) is 13.0 Å². The summed E-state index contributed by atoms with van der Waals surface area (Å²) in [6.07, 6.45) is 3.44. The van der Waals surface area contributed by atoms with Crippen molar-refractivity contribution >= 4 is 0 Å². The number of aliphatic hydroxyl groups excluding tert-OH is 2. The monoisotopic (exact) mass is 164 g/mol. The fraction of sp³-hybridized carbons (Fsp3) is 0.200. The topological polar surface area (TPSA) is 40.5 Å². The predicted molar refractivity (Wildman–Crippen MR) is 47.8 cm³/mol. The van der Waals surface area contributed by atoms with Gasteiger partial charge in [0, 0.05) is 0 Å². The summed E-state index contributed by atoms with van der Waals surface area (Å²) in [7, 11) is 0. The van der Waals surface area contributed by atoms with Crippen LogP contribution in [0.2, 0.25) is 0 Å². The lowest BCUT2D eigenvalue weighted by Crippen LogP contribution is -1.84. The zero-order valence-electron chi connectivity index (χ0n) is 6.77. The van der Waals surface area contributed by atoms with Crippen molar-refractivity contribution in [3.8, 4) is 0 Å². The molecule has 1 rings (SSSR count). The first-order valence-corrected chi connectivity index (χ1v) is 3.84. The molecule has 0 aliphatic heterocycles. The molecule has 0 amide bonds. The lowest BCUT2D eigenvalue weighted by atomic mass is 10.1. The third-order valence-corrected chi connectivity index (χ3v) is 1.66. The van der Waals surface area contributed by atoms with Crippen LogP contribution in [0.25, 0.3) is 0 Å². The van der Waals surface area contributed by atoms with Crippen LogP contribution in [0.5, 0.6) is 0 Å². The smallest absolute Gasteiger partial charge is 0.0755 e. The lowest BCUT2D eigenvalue weighted by molar-refractivity contribution is 0.282. The molecule has 12 heavy (non-hydrogen) atoms. The molecule has 0 spiro atoms. The van der Waals surface area contributed by atoms with Crippen molar-refractivity contribution < 1.29 is 10.2 Å². The Balaban J connectivity index is 2.64. The van der Waals surface area contributed by atoms with Gasteiger partial charge in [0.1, 0.15) is 0 Å². The summed E-state index contributed by atoms with van der Waals surface area (Å²) in [5.74, 6) is 0. The molecule has 0 bridgehead atoms. The van der Waals surface area contributed by atoms with Gasteiger partial charge in [-0.2, -0.15) is 0 Å². The van der Waals surface area contributed by atoms with E-state index < -0.39 is 0 Å². The zero-order valence-corrected chi connectivity index (χ0v) is 6.77. The number of aliphatic hydroxyl groups is 2. The Labute approximate surface area is 71.8 Å². The second kappa shape index (κ2) is 4.57. The molecular weight excluding hydrogens is 152 g/mol. The third kappa shape index (κ3) is 2.40. The van der Waals surface area contributed by atoms with Gasteiger partial charge in [-0.15, -0.1) is 0 Å². The van der Waals surface area contributed by atoms with Crippen LogP contribution in [0.3, 0.4) is 0 Å². The van der Waals surface area contributed by atoms with E-state index in [9.17, 15) is 0 Å². The maximum absolute atomic E-state index is 8.75. The molecule has 0 radical (unpaired) electrons. The van der Waals surface area contributed by atoms with Crippen molar-refractivity contribution in [1.82, 2.24) is 0 Å². The number of hydrogen-bond acceptors (Lipinski definition) is 2. The van der Waals surface area contributed by atoms with E-state index in [4.69, 9.17) is 10.2 Å². The minimum atomic E-state index is 0.0795. The van der Waals surface area contributed by atoms with Crippen molar-refractivity contribution in [2.24, 2.45) is 0 Å². The van der Waals surface area contributed by atoms with Crippen LogP contribution in [0.4, 0.5) is 0 Å². The first-order valence-electron chi connectivity index (χ1n) is 3.84. The predicted octanol–water partition coefficient (Wildman–Crippen LogP) is 1.79. The van der Waals surface area contributed by atoms with E-state index >= 15 is 0 Å². The van der Waals surface area contributed by atoms with Crippen LogP contribution in [-0.4, -0.2) is 10.2 Å². The summed E-state index contributed by atoms with van der Waals surface area (Å²) >= 11 is 0. The maximum Gasteiger partial charge on any atom is 0.0755 e. The Kier molecular flexibility index (Phi) is 3.35. The van der Waals surface area contributed by atoms with Crippen molar-refractivity contribution in [1.29, 1.82) is 0 Å². The Hall–Kier alpha value is -1.28. The highest BCUT2D eigenvalue weighted by Gasteiger charge is 1.90. The average molecular weight is 164 g/mol. The standard InChI is InChI=1S/C10H12O2/c11-7-1-2-9-3-5-10(8-12)6-4-9/h1,3-7,11-12H,2,8H2. The zero-order chi connectivity index (χ0) is 8.81. The van der Waals surface area contributed by atoms with E-state index in [-0.39, 0.29) is 6.61 Å². The Morgan fingerprint density at radius 2 is 1.67 bits per heavy atom. The highest BCUT2D eigenvalue weighted by molar-refractivity contribution is 5.23. The van der Waals surface area contributed by atoms with Gasteiger partial charge in [0.25, 0.3) is 0 Å². The Morgan fingerprint density at radius 1 is 1.08 bits per heavy atom. The fourth-order valence-electron chi connectivity index (χ4n) is 0.970. The molecule has 64 valence electrons. The van der Waals surface area contributed by atoms with Gasteiger partial charge in [0.15, 0.2) is 0 Å². The van der Waals surface area contributed by atoms with E-state index in [1.165, 1.54) is 0 Å². The molecule has 0 heterocycles. The van der Waals surface area contributed by atoms with E-state index in [2.05, 4.69) is 0 Å². The van der Waals surface area contributed by atoms with Gasteiger partial charge in [-0.3, -0.25) is 0 Å². The molecule has 1 aromatic carbocycles. The quantitative estimate of drug-likeness (QED) is 0.669. The summed E-state index contributed by atoms with van der Waals surface area (Å²) in [4.78, 5) is 0. The molecule has 2 heteroatoms. The fourth-order valence-corrected chi connectivity index (χ4v) is 0.970. The van der Waals surface area contributed by atoms with Crippen molar-refractivity contribution in [3.05, 3.63) is 47.7 Å². The maximum atomic E-state index is 8.75. The van der Waals surface area contributed by atoms with Crippen LogP contribution < -0.4 is 0 Å². The van der Waals surface area contributed by atoms with E-state index in [0.717, 1.165) is 23.8 Å².